The van der Waals surface area contributed by atoms with Crippen LogP contribution in [-0.4, -0.2) is 37.7 Å². The molecule has 2 N–H and O–H groups in total. The van der Waals surface area contributed by atoms with Gasteiger partial charge in [-0.1, -0.05) is 12.1 Å². The van der Waals surface area contributed by atoms with Crippen LogP contribution in [0.3, 0.4) is 0 Å². The molecular formula is C16H17N3O6S. The van der Waals surface area contributed by atoms with E-state index in [-0.39, 0.29) is 28.4 Å². The van der Waals surface area contributed by atoms with E-state index in [1.807, 2.05) is 0 Å². The number of nitrogens with zero attached hydrogens (tertiary/aromatic N) is 2. The monoisotopic (exact) mass is 379 g/mol. The molecule has 0 aliphatic rings. The Hall–Kier alpha value is -2.98. The fourth-order valence-corrected chi connectivity index (χ4v) is 3.04. The number of carbonyl (C=O) groups excluding carboxylic acids is 1. The van der Waals surface area contributed by atoms with Crippen LogP contribution >= 0.6 is 0 Å². The van der Waals surface area contributed by atoms with Gasteiger partial charge in [-0.2, -0.15) is 0 Å². The number of esters is 1. The van der Waals surface area contributed by atoms with Crippen molar-refractivity contribution in [3.8, 4) is 0 Å². The van der Waals surface area contributed by atoms with Gasteiger partial charge in [0, 0.05) is 31.9 Å². The number of hydrogen-bond acceptors (Lipinski definition) is 7. The molecule has 0 aromatic heterocycles. The highest BCUT2D eigenvalue weighted by molar-refractivity contribution is 7.89. The predicted octanol–water partition coefficient (Wildman–Crippen LogP) is 1.78. The van der Waals surface area contributed by atoms with Crippen molar-refractivity contribution in [2.75, 3.05) is 19.8 Å². The number of rotatable bonds is 6. The highest BCUT2D eigenvalue weighted by atomic mass is 32.2. The largest absolute Gasteiger partial charge is 0.457 e. The molecule has 0 radical (unpaired) electrons. The number of hydrogen-bond donors (Lipinski definition) is 1. The zero-order valence-electron chi connectivity index (χ0n) is 14.1. The lowest BCUT2D eigenvalue weighted by atomic mass is 10.1. The van der Waals surface area contributed by atoms with Crippen molar-refractivity contribution >= 4 is 27.4 Å². The lowest BCUT2D eigenvalue weighted by Gasteiger charge is -2.12. The van der Waals surface area contributed by atoms with E-state index in [0.29, 0.717) is 5.56 Å². The van der Waals surface area contributed by atoms with Crippen molar-refractivity contribution in [3.63, 3.8) is 0 Å². The van der Waals surface area contributed by atoms with Gasteiger partial charge in [0.1, 0.15) is 6.61 Å². The van der Waals surface area contributed by atoms with Gasteiger partial charge in [0.25, 0.3) is 5.69 Å². The molecule has 0 heterocycles. The zero-order valence-corrected chi connectivity index (χ0v) is 14.9. The summed E-state index contributed by atoms with van der Waals surface area (Å²) < 4.78 is 30.4. The molecule has 10 heteroatoms. The van der Waals surface area contributed by atoms with Crippen molar-refractivity contribution in [2.24, 2.45) is 0 Å². The summed E-state index contributed by atoms with van der Waals surface area (Å²) in [6.07, 6.45) is 0. The maximum Gasteiger partial charge on any atom is 0.340 e. The Bertz CT molecular complexity index is 956. The summed E-state index contributed by atoms with van der Waals surface area (Å²) in [6, 6.07) is 9.41. The highest BCUT2D eigenvalue weighted by Crippen LogP contribution is 2.21. The molecule has 0 atom stereocenters. The van der Waals surface area contributed by atoms with Crippen LogP contribution in [0.2, 0.25) is 0 Å². The Balaban J connectivity index is 2.18. The van der Waals surface area contributed by atoms with E-state index in [0.717, 1.165) is 10.4 Å². The van der Waals surface area contributed by atoms with Gasteiger partial charge in [-0.15, -0.1) is 0 Å². The van der Waals surface area contributed by atoms with Crippen LogP contribution in [0.5, 0.6) is 0 Å². The van der Waals surface area contributed by atoms with Crippen LogP contribution in [0.4, 0.5) is 11.4 Å². The third kappa shape index (κ3) is 4.16. The molecule has 0 unspecified atom stereocenters. The molecule has 9 nitrogen and oxygen atoms in total. The van der Waals surface area contributed by atoms with Crippen molar-refractivity contribution in [2.45, 2.75) is 11.5 Å². The molecule has 0 aliphatic heterocycles. The number of benzene rings is 2. The first-order valence-electron chi connectivity index (χ1n) is 7.35. The summed E-state index contributed by atoms with van der Waals surface area (Å²) in [5, 5.41) is 10.8. The van der Waals surface area contributed by atoms with Gasteiger partial charge in [0.05, 0.1) is 15.4 Å². The maximum atomic E-state index is 12.2. The molecule has 0 aliphatic carbocycles. The van der Waals surface area contributed by atoms with Crippen LogP contribution in [0.1, 0.15) is 15.9 Å². The minimum atomic E-state index is -3.61. The number of nitro benzene ring substituents is 1. The Kier molecular flexibility index (Phi) is 5.58. The molecule has 0 fully saturated rings. The average Bonchev–Trinajstić information content (AvgIpc) is 2.60. The van der Waals surface area contributed by atoms with Crippen LogP contribution in [0.15, 0.2) is 47.4 Å². The molecule has 26 heavy (non-hydrogen) atoms. The van der Waals surface area contributed by atoms with E-state index < -0.39 is 20.9 Å². The first-order chi connectivity index (χ1) is 12.1. The molecule has 0 saturated heterocycles. The normalized spacial score (nSPS) is 11.3. The minimum Gasteiger partial charge on any atom is -0.457 e. The predicted molar refractivity (Wildman–Crippen MR) is 93.9 cm³/mol. The average molecular weight is 379 g/mol. The highest BCUT2D eigenvalue weighted by Gasteiger charge is 2.19. The second-order valence-electron chi connectivity index (χ2n) is 5.54. The van der Waals surface area contributed by atoms with Crippen LogP contribution in [-0.2, 0) is 21.4 Å². The fraction of sp³-hybridized carbons (Fsp3) is 0.188. The van der Waals surface area contributed by atoms with Crippen LogP contribution in [0, 0.1) is 10.1 Å². The number of anilines is 1. The van der Waals surface area contributed by atoms with Gasteiger partial charge in [-0.25, -0.2) is 17.5 Å². The first kappa shape index (κ1) is 19.3. The Morgan fingerprint density at radius 3 is 2.54 bits per heavy atom. The summed E-state index contributed by atoms with van der Waals surface area (Å²) >= 11 is 0. The second-order valence-corrected chi connectivity index (χ2v) is 7.69. The Morgan fingerprint density at radius 1 is 1.23 bits per heavy atom. The number of nitro groups is 1. The Labute approximate surface area is 150 Å². The number of non-ortho nitro benzene ring substituents is 1. The first-order valence-corrected chi connectivity index (χ1v) is 8.79. The van der Waals surface area contributed by atoms with E-state index in [9.17, 15) is 23.3 Å². The second kappa shape index (κ2) is 7.50. The zero-order chi connectivity index (χ0) is 19.5. The maximum absolute atomic E-state index is 12.2. The summed E-state index contributed by atoms with van der Waals surface area (Å²) in [5.41, 5.74) is 5.75. The summed E-state index contributed by atoms with van der Waals surface area (Å²) in [7, 11) is -0.794. The quantitative estimate of drug-likeness (QED) is 0.350. The topological polar surface area (TPSA) is 133 Å². The van der Waals surface area contributed by atoms with Crippen molar-refractivity contribution < 1.29 is 22.9 Å². The molecule has 0 spiro atoms. The van der Waals surface area contributed by atoms with E-state index in [1.165, 1.54) is 44.4 Å². The lowest BCUT2D eigenvalue weighted by molar-refractivity contribution is -0.384. The van der Waals surface area contributed by atoms with Crippen molar-refractivity contribution in [1.82, 2.24) is 4.31 Å². The molecule has 2 rings (SSSR count). The minimum absolute atomic E-state index is 0.0459. The molecule has 2 aromatic rings. The standard InChI is InChI=1S/C16H17N3O6S/c1-18(2)26(23,24)13-5-3-4-11(8-13)10-25-16(20)14-9-12(19(21)22)6-7-15(14)17/h3-9H,10,17H2,1-2H3. The van der Waals surface area contributed by atoms with Gasteiger partial charge >= 0.3 is 5.97 Å². The number of sulfonamides is 1. The summed E-state index contributed by atoms with van der Waals surface area (Å²) in [6.45, 7) is -0.211. The third-order valence-electron chi connectivity index (χ3n) is 3.51. The van der Waals surface area contributed by atoms with Gasteiger partial charge in [-0.05, 0) is 23.8 Å². The van der Waals surface area contributed by atoms with Crippen molar-refractivity contribution in [1.29, 1.82) is 0 Å². The Morgan fingerprint density at radius 2 is 1.92 bits per heavy atom. The number of carbonyl (C=O) groups is 1. The number of ether oxygens (including phenoxy) is 1. The molecule has 0 amide bonds. The molecular weight excluding hydrogens is 362 g/mol. The van der Waals surface area contributed by atoms with Gasteiger partial charge in [0.15, 0.2) is 0 Å². The fourth-order valence-electron chi connectivity index (χ4n) is 2.07. The molecule has 138 valence electrons. The number of nitrogens with two attached hydrogens (primary N) is 1. The SMILES string of the molecule is CN(C)S(=O)(=O)c1cccc(COC(=O)c2cc([N+](=O)[O-])ccc2N)c1. The lowest BCUT2D eigenvalue weighted by Crippen LogP contribution is -2.22. The van der Waals surface area contributed by atoms with Crippen LogP contribution in [0.25, 0.3) is 0 Å². The van der Waals surface area contributed by atoms with Crippen molar-refractivity contribution in [3.05, 3.63) is 63.7 Å². The summed E-state index contributed by atoms with van der Waals surface area (Å²) in [5.74, 6) is -0.841. The summed E-state index contributed by atoms with van der Waals surface area (Å²) in [4.78, 5) is 22.4. The molecule has 2 aromatic carbocycles. The van der Waals surface area contributed by atoms with E-state index in [1.54, 1.807) is 6.07 Å². The molecule has 0 saturated carbocycles. The number of nitrogen functional groups attached to an aromatic ring is 1. The third-order valence-corrected chi connectivity index (χ3v) is 5.33. The van der Waals surface area contributed by atoms with E-state index >= 15 is 0 Å². The van der Waals surface area contributed by atoms with E-state index in [2.05, 4.69) is 0 Å². The van der Waals surface area contributed by atoms with Gasteiger partial charge in [0.2, 0.25) is 10.0 Å². The molecule has 0 bridgehead atoms. The van der Waals surface area contributed by atoms with Crippen LogP contribution < -0.4 is 5.73 Å². The van der Waals surface area contributed by atoms with E-state index in [4.69, 9.17) is 10.5 Å². The van der Waals surface area contributed by atoms with Gasteiger partial charge < -0.3 is 10.5 Å². The smallest absolute Gasteiger partial charge is 0.340 e. The van der Waals surface area contributed by atoms with Gasteiger partial charge in [-0.3, -0.25) is 10.1 Å².